The lowest BCUT2D eigenvalue weighted by molar-refractivity contribution is -0.117. The molecule has 5 heteroatoms. The zero-order valence-electron chi connectivity index (χ0n) is 10.6. The molecule has 0 saturated heterocycles. The summed E-state index contributed by atoms with van der Waals surface area (Å²) in [7, 11) is 0. The van der Waals surface area contributed by atoms with Gasteiger partial charge in [-0.3, -0.25) is 4.79 Å². The number of nitrogens with zero attached hydrogens (tertiary/aromatic N) is 1. The molecule has 100 valence electrons. The Morgan fingerprint density at radius 1 is 1.58 bits per heavy atom. The molecular formula is C14H15BrN2O2. The summed E-state index contributed by atoms with van der Waals surface area (Å²) in [6.07, 6.45) is 3.36. The van der Waals surface area contributed by atoms with E-state index >= 15 is 0 Å². The molecule has 1 aromatic rings. The number of amides is 1. The smallest absolute Gasteiger partial charge is 0.261 e. The monoisotopic (exact) mass is 322 g/mol. The molecule has 1 aromatic carbocycles. The van der Waals surface area contributed by atoms with Crippen LogP contribution in [0.3, 0.4) is 0 Å². The number of halogens is 1. The number of carbonyl (C=O) groups excluding carboxylic acids is 1. The molecule has 0 aromatic heterocycles. The number of hydrogen-bond donors (Lipinski definition) is 2. The number of hydrogen-bond acceptors (Lipinski definition) is 3. The van der Waals surface area contributed by atoms with Crippen molar-refractivity contribution < 1.29 is 9.90 Å². The molecule has 0 aliphatic rings. The summed E-state index contributed by atoms with van der Waals surface area (Å²) in [6.45, 7) is 2.59. The van der Waals surface area contributed by atoms with Gasteiger partial charge in [-0.25, -0.2) is 0 Å². The van der Waals surface area contributed by atoms with Gasteiger partial charge in [-0.1, -0.05) is 19.4 Å². The second kappa shape index (κ2) is 7.59. The quantitative estimate of drug-likeness (QED) is 0.497. The van der Waals surface area contributed by atoms with Crippen LogP contribution in [0.5, 0.6) is 5.75 Å². The zero-order valence-corrected chi connectivity index (χ0v) is 12.2. The van der Waals surface area contributed by atoms with Gasteiger partial charge >= 0.3 is 0 Å². The maximum atomic E-state index is 11.7. The molecule has 0 spiro atoms. The van der Waals surface area contributed by atoms with Crippen LogP contribution in [0.25, 0.3) is 6.08 Å². The molecule has 0 aliphatic carbocycles. The molecule has 0 saturated carbocycles. The summed E-state index contributed by atoms with van der Waals surface area (Å²) in [5.74, 6) is -0.261. The van der Waals surface area contributed by atoms with E-state index in [9.17, 15) is 9.90 Å². The lowest BCUT2D eigenvalue weighted by Gasteiger charge is -2.03. The first-order valence-electron chi connectivity index (χ1n) is 5.97. The van der Waals surface area contributed by atoms with Gasteiger partial charge in [0.05, 0.1) is 4.47 Å². The topological polar surface area (TPSA) is 73.1 Å². The molecule has 19 heavy (non-hydrogen) atoms. The molecule has 4 nitrogen and oxygen atoms in total. The molecule has 2 N–H and O–H groups in total. The summed E-state index contributed by atoms with van der Waals surface area (Å²) in [6, 6.07) is 6.66. The number of benzene rings is 1. The van der Waals surface area contributed by atoms with Crippen LogP contribution >= 0.6 is 15.9 Å². The van der Waals surface area contributed by atoms with E-state index in [0.29, 0.717) is 16.6 Å². The summed E-state index contributed by atoms with van der Waals surface area (Å²) in [5, 5.41) is 21.1. The van der Waals surface area contributed by atoms with Gasteiger partial charge < -0.3 is 10.4 Å². The average molecular weight is 323 g/mol. The van der Waals surface area contributed by atoms with Crippen molar-refractivity contribution in [2.24, 2.45) is 0 Å². The predicted octanol–water partition coefficient (Wildman–Crippen LogP) is 2.98. The van der Waals surface area contributed by atoms with E-state index in [4.69, 9.17) is 5.26 Å². The maximum Gasteiger partial charge on any atom is 0.261 e. The molecule has 1 rings (SSSR count). The highest BCUT2D eigenvalue weighted by atomic mass is 79.9. The fourth-order valence-corrected chi connectivity index (χ4v) is 1.80. The minimum atomic E-state index is -0.375. The Morgan fingerprint density at radius 2 is 2.32 bits per heavy atom. The Morgan fingerprint density at radius 3 is 2.89 bits per heavy atom. The second-order valence-electron chi connectivity index (χ2n) is 3.99. The molecule has 1 amide bonds. The Hall–Kier alpha value is -1.80. The van der Waals surface area contributed by atoms with E-state index in [-0.39, 0.29) is 17.2 Å². The standard InChI is InChI=1S/C14H15BrN2O2/c1-2-3-6-17-14(19)11(9-16)7-10-4-5-13(18)12(15)8-10/h4-5,7-8,18H,2-3,6H2,1H3,(H,17,19)/b11-7+. The van der Waals surface area contributed by atoms with Crippen LogP contribution in [0.15, 0.2) is 28.2 Å². The molecule has 0 atom stereocenters. The summed E-state index contributed by atoms with van der Waals surface area (Å²) in [4.78, 5) is 11.7. The third kappa shape index (κ3) is 4.76. The third-order valence-corrected chi connectivity index (χ3v) is 3.10. The van der Waals surface area contributed by atoms with Crippen molar-refractivity contribution in [3.05, 3.63) is 33.8 Å². The fourth-order valence-electron chi connectivity index (χ4n) is 1.40. The largest absolute Gasteiger partial charge is 0.507 e. The van der Waals surface area contributed by atoms with Crippen molar-refractivity contribution in [3.8, 4) is 11.8 Å². The number of rotatable bonds is 5. The van der Waals surface area contributed by atoms with E-state index in [2.05, 4.69) is 21.2 Å². The van der Waals surface area contributed by atoms with Crippen LogP contribution in [0.1, 0.15) is 25.3 Å². The Labute approximate surface area is 120 Å². The van der Waals surface area contributed by atoms with Gasteiger partial charge in [0, 0.05) is 6.54 Å². The van der Waals surface area contributed by atoms with E-state index in [0.717, 1.165) is 12.8 Å². The van der Waals surface area contributed by atoms with Crippen LogP contribution in [0, 0.1) is 11.3 Å². The summed E-state index contributed by atoms with van der Waals surface area (Å²) >= 11 is 3.18. The lowest BCUT2D eigenvalue weighted by atomic mass is 10.1. The first-order valence-corrected chi connectivity index (χ1v) is 6.76. The Kier molecular flexibility index (Phi) is 6.10. The minimum absolute atomic E-state index is 0.0497. The van der Waals surface area contributed by atoms with Crippen LogP contribution < -0.4 is 5.32 Å². The van der Waals surface area contributed by atoms with Crippen molar-refractivity contribution >= 4 is 27.9 Å². The molecule has 0 bridgehead atoms. The van der Waals surface area contributed by atoms with Crippen molar-refractivity contribution in [3.63, 3.8) is 0 Å². The number of carbonyl (C=O) groups is 1. The molecule has 0 fully saturated rings. The van der Waals surface area contributed by atoms with Crippen LogP contribution in [0.2, 0.25) is 0 Å². The molecule has 0 heterocycles. The van der Waals surface area contributed by atoms with E-state index in [1.54, 1.807) is 12.1 Å². The van der Waals surface area contributed by atoms with Gasteiger partial charge in [0.25, 0.3) is 5.91 Å². The van der Waals surface area contributed by atoms with Gasteiger partial charge in [-0.2, -0.15) is 5.26 Å². The highest BCUT2D eigenvalue weighted by Crippen LogP contribution is 2.25. The average Bonchev–Trinajstić information content (AvgIpc) is 2.40. The first kappa shape index (κ1) is 15.3. The normalized spacial score (nSPS) is 10.9. The van der Waals surface area contributed by atoms with Crippen LogP contribution in [-0.2, 0) is 4.79 Å². The Bertz CT molecular complexity index is 533. The van der Waals surface area contributed by atoms with Crippen molar-refractivity contribution in [2.75, 3.05) is 6.54 Å². The fraction of sp³-hybridized carbons (Fsp3) is 0.286. The van der Waals surface area contributed by atoms with Crippen molar-refractivity contribution in [2.45, 2.75) is 19.8 Å². The van der Waals surface area contributed by atoms with E-state index in [1.165, 1.54) is 12.1 Å². The minimum Gasteiger partial charge on any atom is -0.507 e. The van der Waals surface area contributed by atoms with Crippen molar-refractivity contribution in [1.82, 2.24) is 5.32 Å². The number of phenolic OH excluding ortho intramolecular Hbond substituents is 1. The van der Waals surface area contributed by atoms with Crippen LogP contribution in [-0.4, -0.2) is 17.6 Å². The highest BCUT2D eigenvalue weighted by molar-refractivity contribution is 9.10. The lowest BCUT2D eigenvalue weighted by Crippen LogP contribution is -2.25. The van der Waals surface area contributed by atoms with E-state index in [1.807, 2.05) is 13.0 Å². The Balaban J connectivity index is 2.84. The van der Waals surface area contributed by atoms with Crippen LogP contribution in [0.4, 0.5) is 0 Å². The number of aromatic hydroxyl groups is 1. The SMILES string of the molecule is CCCCNC(=O)/C(C#N)=C/c1ccc(O)c(Br)c1. The number of phenols is 1. The zero-order chi connectivity index (χ0) is 14.3. The number of nitrogens with one attached hydrogen (secondary N) is 1. The molecular weight excluding hydrogens is 308 g/mol. The van der Waals surface area contributed by atoms with Gasteiger partial charge in [0.15, 0.2) is 0 Å². The highest BCUT2D eigenvalue weighted by Gasteiger charge is 2.08. The molecule has 0 aliphatic heterocycles. The van der Waals surface area contributed by atoms with E-state index < -0.39 is 0 Å². The molecule has 0 radical (unpaired) electrons. The van der Waals surface area contributed by atoms with Crippen molar-refractivity contribution in [1.29, 1.82) is 5.26 Å². The van der Waals surface area contributed by atoms with Gasteiger partial charge in [0.1, 0.15) is 17.4 Å². The van der Waals surface area contributed by atoms with Gasteiger partial charge in [-0.05, 0) is 46.1 Å². The number of unbranched alkanes of at least 4 members (excludes halogenated alkanes) is 1. The van der Waals surface area contributed by atoms with Gasteiger partial charge in [-0.15, -0.1) is 0 Å². The first-order chi connectivity index (χ1) is 9.08. The summed E-state index contributed by atoms with van der Waals surface area (Å²) in [5.41, 5.74) is 0.723. The maximum absolute atomic E-state index is 11.7. The number of nitriles is 1. The predicted molar refractivity (Wildman–Crippen MR) is 77.3 cm³/mol. The molecule has 0 unspecified atom stereocenters. The summed E-state index contributed by atoms with van der Waals surface area (Å²) < 4.78 is 0.518. The van der Waals surface area contributed by atoms with Gasteiger partial charge in [0.2, 0.25) is 0 Å². The third-order valence-electron chi connectivity index (χ3n) is 2.46. The second-order valence-corrected chi connectivity index (χ2v) is 4.84.